The normalized spacial score (nSPS) is 23.8. The van der Waals surface area contributed by atoms with Gasteiger partial charge in [-0.2, -0.15) is 4.98 Å². The Balaban J connectivity index is 2.05. The number of anilines is 1. The Kier molecular flexibility index (Phi) is 2.57. The largest absolute Gasteiger partial charge is 0.394 e. The molecule has 0 aliphatic carbocycles. The van der Waals surface area contributed by atoms with Crippen LogP contribution in [0.4, 0.5) is 5.95 Å². The zero-order valence-electron chi connectivity index (χ0n) is 9.67. The topological polar surface area (TPSA) is 106 Å². The lowest BCUT2D eigenvalue weighted by molar-refractivity contribution is -0.0204. The molecule has 0 spiro atoms. The molecule has 1 saturated heterocycles. The molecule has 2 aromatic rings. The van der Waals surface area contributed by atoms with E-state index in [4.69, 9.17) is 15.6 Å². The number of aromatic nitrogens is 3. The van der Waals surface area contributed by atoms with E-state index in [0.717, 1.165) is 12.8 Å². The summed E-state index contributed by atoms with van der Waals surface area (Å²) in [6.45, 7) is 0.00581. The maximum atomic E-state index is 11.7. The second-order valence-corrected chi connectivity index (χ2v) is 4.38. The first-order chi connectivity index (χ1) is 8.69. The number of H-pyrrole nitrogens is 1. The van der Waals surface area contributed by atoms with Gasteiger partial charge >= 0.3 is 0 Å². The van der Waals surface area contributed by atoms with Crippen molar-refractivity contribution < 1.29 is 9.84 Å². The Labute approximate surface area is 102 Å². The molecule has 1 aliphatic rings. The molecule has 2 aromatic heterocycles. The highest BCUT2D eigenvalue weighted by Gasteiger charge is 2.27. The lowest BCUT2D eigenvalue weighted by atomic mass is 10.2. The average Bonchev–Trinajstić information content (AvgIpc) is 2.93. The monoisotopic (exact) mass is 250 g/mol. The first-order valence-corrected chi connectivity index (χ1v) is 5.81. The Bertz CT molecular complexity index is 633. The summed E-state index contributed by atoms with van der Waals surface area (Å²) >= 11 is 0. The SMILES string of the molecule is Nc1nc2c(ccn2[C@H]2CC[C@@H](CO)O2)c(=O)[nH]1. The Morgan fingerprint density at radius 1 is 1.61 bits per heavy atom. The summed E-state index contributed by atoms with van der Waals surface area (Å²) in [5.41, 5.74) is 5.80. The molecule has 7 nitrogen and oxygen atoms in total. The van der Waals surface area contributed by atoms with E-state index in [1.807, 2.05) is 0 Å². The smallest absolute Gasteiger partial charge is 0.261 e. The number of hydrogen-bond acceptors (Lipinski definition) is 5. The number of aliphatic hydroxyl groups is 1. The fourth-order valence-corrected chi connectivity index (χ4v) is 2.32. The number of aromatic amines is 1. The number of nitrogens with one attached hydrogen (secondary N) is 1. The molecule has 3 rings (SSSR count). The summed E-state index contributed by atoms with van der Waals surface area (Å²) in [4.78, 5) is 18.3. The fourth-order valence-electron chi connectivity index (χ4n) is 2.32. The third kappa shape index (κ3) is 1.68. The summed E-state index contributed by atoms with van der Waals surface area (Å²) in [6.07, 6.45) is 2.99. The summed E-state index contributed by atoms with van der Waals surface area (Å²) in [5.74, 6) is 0.0872. The van der Waals surface area contributed by atoms with Crippen LogP contribution in [-0.2, 0) is 4.74 Å². The zero-order valence-corrected chi connectivity index (χ0v) is 9.67. The Morgan fingerprint density at radius 2 is 2.44 bits per heavy atom. The molecule has 3 heterocycles. The molecule has 0 bridgehead atoms. The first kappa shape index (κ1) is 11.2. The standard InChI is InChI=1S/C11H14N4O3/c12-11-13-9-7(10(17)14-11)3-4-15(9)8-2-1-6(5-16)18-8/h3-4,6,8,16H,1-2,5H2,(H3,12,13,14,17)/t6-,8+/m0/s1. The van der Waals surface area contributed by atoms with Crippen LogP contribution >= 0.6 is 0 Å². The van der Waals surface area contributed by atoms with Gasteiger partial charge in [0.2, 0.25) is 5.95 Å². The third-order valence-electron chi connectivity index (χ3n) is 3.20. The number of fused-ring (bicyclic) bond motifs is 1. The molecule has 4 N–H and O–H groups in total. The van der Waals surface area contributed by atoms with Gasteiger partial charge in [0, 0.05) is 6.20 Å². The molecular weight excluding hydrogens is 236 g/mol. The van der Waals surface area contributed by atoms with Gasteiger partial charge < -0.3 is 20.1 Å². The van der Waals surface area contributed by atoms with Crippen LogP contribution < -0.4 is 11.3 Å². The first-order valence-electron chi connectivity index (χ1n) is 5.81. The molecule has 0 amide bonds. The molecule has 0 aromatic carbocycles. The summed E-state index contributed by atoms with van der Waals surface area (Å²) < 4.78 is 7.45. The van der Waals surface area contributed by atoms with Crippen molar-refractivity contribution in [2.75, 3.05) is 12.3 Å². The maximum Gasteiger partial charge on any atom is 0.261 e. The molecule has 96 valence electrons. The van der Waals surface area contributed by atoms with Crippen molar-refractivity contribution in [3.8, 4) is 0 Å². The number of hydrogen-bond donors (Lipinski definition) is 3. The van der Waals surface area contributed by atoms with Gasteiger partial charge in [0.05, 0.1) is 18.1 Å². The van der Waals surface area contributed by atoms with Crippen LogP contribution in [0.5, 0.6) is 0 Å². The van der Waals surface area contributed by atoms with Gasteiger partial charge in [-0.3, -0.25) is 9.78 Å². The Morgan fingerprint density at radius 3 is 3.17 bits per heavy atom. The van der Waals surface area contributed by atoms with E-state index >= 15 is 0 Å². The average molecular weight is 250 g/mol. The van der Waals surface area contributed by atoms with E-state index in [9.17, 15) is 4.79 Å². The van der Waals surface area contributed by atoms with Crippen molar-refractivity contribution in [1.82, 2.24) is 14.5 Å². The summed E-state index contributed by atoms with van der Waals surface area (Å²) in [6, 6.07) is 1.69. The Hall–Kier alpha value is -1.86. The van der Waals surface area contributed by atoms with E-state index in [1.165, 1.54) is 0 Å². The molecule has 7 heteroatoms. The number of rotatable bonds is 2. The van der Waals surface area contributed by atoms with Crippen LogP contribution in [0.2, 0.25) is 0 Å². The number of aliphatic hydroxyl groups excluding tert-OH is 1. The predicted octanol–water partition coefficient (Wildman–Crippen LogP) is -0.0233. The predicted molar refractivity (Wildman–Crippen MR) is 65.0 cm³/mol. The minimum atomic E-state index is -0.257. The molecule has 0 unspecified atom stereocenters. The lowest BCUT2D eigenvalue weighted by Gasteiger charge is -2.14. The highest BCUT2D eigenvalue weighted by molar-refractivity contribution is 5.76. The van der Waals surface area contributed by atoms with Crippen LogP contribution in [0.1, 0.15) is 19.1 Å². The number of ether oxygens (including phenoxy) is 1. The van der Waals surface area contributed by atoms with E-state index in [0.29, 0.717) is 11.0 Å². The van der Waals surface area contributed by atoms with Crippen molar-refractivity contribution in [1.29, 1.82) is 0 Å². The van der Waals surface area contributed by atoms with Crippen molar-refractivity contribution >= 4 is 17.0 Å². The number of nitrogens with zero attached hydrogens (tertiary/aromatic N) is 2. The highest BCUT2D eigenvalue weighted by atomic mass is 16.5. The summed E-state index contributed by atoms with van der Waals surface area (Å²) in [5, 5.41) is 9.54. The lowest BCUT2D eigenvalue weighted by Crippen LogP contribution is -2.16. The van der Waals surface area contributed by atoms with Crippen LogP contribution in [0.3, 0.4) is 0 Å². The van der Waals surface area contributed by atoms with Crippen molar-refractivity contribution in [2.45, 2.75) is 25.2 Å². The molecule has 1 aliphatic heterocycles. The van der Waals surface area contributed by atoms with E-state index in [1.54, 1.807) is 16.8 Å². The second-order valence-electron chi connectivity index (χ2n) is 4.38. The van der Waals surface area contributed by atoms with Crippen LogP contribution in [0.25, 0.3) is 11.0 Å². The molecule has 0 saturated carbocycles. The molecule has 1 fully saturated rings. The van der Waals surface area contributed by atoms with Crippen LogP contribution in [0.15, 0.2) is 17.1 Å². The van der Waals surface area contributed by atoms with Gasteiger partial charge in [-0.1, -0.05) is 0 Å². The van der Waals surface area contributed by atoms with E-state index < -0.39 is 0 Å². The molecule has 0 radical (unpaired) electrons. The third-order valence-corrected chi connectivity index (χ3v) is 3.20. The van der Waals surface area contributed by atoms with Crippen molar-refractivity contribution in [2.24, 2.45) is 0 Å². The van der Waals surface area contributed by atoms with Crippen LogP contribution in [-0.4, -0.2) is 32.4 Å². The van der Waals surface area contributed by atoms with Gasteiger partial charge in [-0.05, 0) is 18.9 Å². The minimum absolute atomic E-state index is 0.00581. The van der Waals surface area contributed by atoms with E-state index in [2.05, 4.69) is 9.97 Å². The van der Waals surface area contributed by atoms with Gasteiger partial charge in [0.1, 0.15) is 6.23 Å². The molecular formula is C11H14N4O3. The fraction of sp³-hybridized carbons (Fsp3) is 0.455. The number of nitrogens with two attached hydrogens (primary N) is 1. The van der Waals surface area contributed by atoms with E-state index in [-0.39, 0.29) is 30.4 Å². The number of nitrogen functional groups attached to an aromatic ring is 1. The summed E-state index contributed by atoms with van der Waals surface area (Å²) in [7, 11) is 0. The zero-order chi connectivity index (χ0) is 12.7. The quantitative estimate of drug-likeness (QED) is 0.694. The van der Waals surface area contributed by atoms with Gasteiger partial charge in [-0.25, -0.2) is 0 Å². The minimum Gasteiger partial charge on any atom is -0.394 e. The van der Waals surface area contributed by atoms with Crippen molar-refractivity contribution in [3.05, 3.63) is 22.6 Å². The van der Waals surface area contributed by atoms with Gasteiger partial charge in [-0.15, -0.1) is 0 Å². The maximum absolute atomic E-state index is 11.7. The molecule has 18 heavy (non-hydrogen) atoms. The van der Waals surface area contributed by atoms with Crippen LogP contribution in [0, 0.1) is 0 Å². The molecule has 2 atom stereocenters. The van der Waals surface area contributed by atoms with Gasteiger partial charge in [0.15, 0.2) is 5.65 Å². The second kappa shape index (κ2) is 4.11. The van der Waals surface area contributed by atoms with Gasteiger partial charge in [0.25, 0.3) is 5.56 Å². The van der Waals surface area contributed by atoms with Crippen molar-refractivity contribution in [3.63, 3.8) is 0 Å². The highest BCUT2D eigenvalue weighted by Crippen LogP contribution is 2.30.